The number of carbonyl (C=O) groups excluding carboxylic acids is 1. The zero-order valence-electron chi connectivity index (χ0n) is 11.8. The Bertz CT molecular complexity index is 465. The molecule has 110 valence electrons. The van der Waals surface area contributed by atoms with Crippen molar-refractivity contribution < 1.29 is 9.21 Å². The number of hydrazine groups is 1. The molecule has 5 nitrogen and oxygen atoms in total. The molecule has 2 fully saturated rings. The molecule has 5 heteroatoms. The van der Waals surface area contributed by atoms with Gasteiger partial charge in [0.15, 0.2) is 0 Å². The first-order valence-electron chi connectivity index (χ1n) is 7.60. The average Bonchev–Trinajstić information content (AvgIpc) is 3.18. The number of furan rings is 1. The standard InChI is InChI=1S/C15H23N3O2/c16-17-15(19)12-8-13(20-10-12)9-18-7-3-6-14(18)11-4-1-2-5-11/h8,10-11,14H,1-7,9,16H2,(H,17,19). The van der Waals surface area contributed by atoms with Crippen molar-refractivity contribution in [3.63, 3.8) is 0 Å². The number of hydrogen-bond acceptors (Lipinski definition) is 4. The summed E-state index contributed by atoms with van der Waals surface area (Å²) in [5.41, 5.74) is 2.63. The number of rotatable bonds is 4. The Labute approximate surface area is 119 Å². The molecular formula is C15H23N3O2. The van der Waals surface area contributed by atoms with Gasteiger partial charge >= 0.3 is 0 Å². The van der Waals surface area contributed by atoms with Crippen LogP contribution in [0.2, 0.25) is 0 Å². The number of nitrogens with one attached hydrogen (secondary N) is 1. The molecule has 3 N–H and O–H groups in total. The Hall–Kier alpha value is -1.33. The summed E-state index contributed by atoms with van der Waals surface area (Å²) in [4.78, 5) is 14.0. The summed E-state index contributed by atoms with van der Waals surface area (Å²) in [5.74, 6) is 6.55. The molecule has 0 spiro atoms. The van der Waals surface area contributed by atoms with E-state index >= 15 is 0 Å². The van der Waals surface area contributed by atoms with Crippen LogP contribution in [-0.4, -0.2) is 23.4 Å². The predicted octanol–water partition coefficient (Wildman–Crippen LogP) is 2.04. The first-order chi connectivity index (χ1) is 9.78. The van der Waals surface area contributed by atoms with Crippen LogP contribution in [0.3, 0.4) is 0 Å². The van der Waals surface area contributed by atoms with Crippen LogP contribution in [0.15, 0.2) is 16.7 Å². The molecule has 1 aromatic heterocycles. The first kappa shape index (κ1) is 13.6. The lowest BCUT2D eigenvalue weighted by Gasteiger charge is -2.28. The molecule has 1 atom stereocenters. The van der Waals surface area contributed by atoms with Gasteiger partial charge in [-0.3, -0.25) is 15.1 Å². The van der Waals surface area contributed by atoms with Crippen molar-refractivity contribution in [2.45, 2.75) is 51.1 Å². The molecule has 0 radical (unpaired) electrons. The van der Waals surface area contributed by atoms with E-state index in [9.17, 15) is 4.79 Å². The summed E-state index contributed by atoms with van der Waals surface area (Å²) < 4.78 is 5.50. The number of nitrogens with zero attached hydrogens (tertiary/aromatic N) is 1. The largest absolute Gasteiger partial charge is 0.467 e. The van der Waals surface area contributed by atoms with Crippen molar-refractivity contribution in [2.24, 2.45) is 11.8 Å². The Morgan fingerprint density at radius 2 is 2.15 bits per heavy atom. The van der Waals surface area contributed by atoms with E-state index in [1.54, 1.807) is 6.07 Å². The van der Waals surface area contributed by atoms with E-state index in [2.05, 4.69) is 10.3 Å². The molecule has 0 bridgehead atoms. The van der Waals surface area contributed by atoms with Gasteiger partial charge in [0.2, 0.25) is 0 Å². The minimum Gasteiger partial charge on any atom is -0.467 e. The van der Waals surface area contributed by atoms with Crippen LogP contribution in [-0.2, 0) is 6.54 Å². The lowest BCUT2D eigenvalue weighted by molar-refractivity contribution is 0.0953. The van der Waals surface area contributed by atoms with Crippen LogP contribution in [0.5, 0.6) is 0 Å². The molecular weight excluding hydrogens is 254 g/mol. The third-order valence-corrected chi connectivity index (χ3v) is 4.76. The van der Waals surface area contributed by atoms with Crippen LogP contribution in [0.4, 0.5) is 0 Å². The quantitative estimate of drug-likeness (QED) is 0.502. The van der Waals surface area contributed by atoms with Crippen molar-refractivity contribution in [1.29, 1.82) is 0 Å². The Morgan fingerprint density at radius 3 is 2.90 bits per heavy atom. The minimum absolute atomic E-state index is 0.297. The van der Waals surface area contributed by atoms with E-state index in [1.807, 2.05) is 0 Å². The first-order valence-corrected chi connectivity index (χ1v) is 7.60. The highest BCUT2D eigenvalue weighted by Gasteiger charge is 2.33. The van der Waals surface area contributed by atoms with Crippen LogP contribution in [0, 0.1) is 5.92 Å². The van der Waals surface area contributed by atoms with Gasteiger partial charge in [-0.15, -0.1) is 0 Å². The Balaban J connectivity index is 1.64. The second-order valence-corrected chi connectivity index (χ2v) is 6.00. The highest BCUT2D eigenvalue weighted by molar-refractivity contribution is 5.93. The SMILES string of the molecule is NNC(=O)c1coc(CN2CCCC2C2CCCC2)c1. The number of likely N-dealkylation sites (tertiary alicyclic amines) is 1. The van der Waals surface area contributed by atoms with Gasteiger partial charge in [-0.1, -0.05) is 12.8 Å². The van der Waals surface area contributed by atoms with Gasteiger partial charge in [0.1, 0.15) is 12.0 Å². The molecule has 2 aliphatic rings. The van der Waals surface area contributed by atoms with Crippen molar-refractivity contribution in [3.8, 4) is 0 Å². The predicted molar refractivity (Wildman–Crippen MR) is 75.8 cm³/mol. The third kappa shape index (κ3) is 2.74. The van der Waals surface area contributed by atoms with E-state index in [4.69, 9.17) is 10.3 Å². The smallest absolute Gasteiger partial charge is 0.268 e. The van der Waals surface area contributed by atoms with Crippen LogP contribution >= 0.6 is 0 Å². The van der Waals surface area contributed by atoms with Gasteiger partial charge in [-0.05, 0) is 44.2 Å². The van der Waals surface area contributed by atoms with E-state index < -0.39 is 0 Å². The van der Waals surface area contributed by atoms with E-state index in [0.29, 0.717) is 11.6 Å². The van der Waals surface area contributed by atoms with Crippen molar-refractivity contribution in [2.75, 3.05) is 6.54 Å². The molecule has 1 aliphatic heterocycles. The second kappa shape index (κ2) is 5.97. The topological polar surface area (TPSA) is 71.5 Å². The molecule has 1 saturated heterocycles. The highest BCUT2D eigenvalue weighted by atomic mass is 16.3. The van der Waals surface area contributed by atoms with Crippen LogP contribution < -0.4 is 11.3 Å². The van der Waals surface area contributed by atoms with Gasteiger partial charge in [0.25, 0.3) is 5.91 Å². The summed E-state index contributed by atoms with van der Waals surface area (Å²) >= 11 is 0. The molecule has 3 rings (SSSR count). The summed E-state index contributed by atoms with van der Waals surface area (Å²) in [6, 6.07) is 2.50. The second-order valence-electron chi connectivity index (χ2n) is 6.00. The zero-order valence-corrected chi connectivity index (χ0v) is 11.8. The number of carbonyl (C=O) groups is 1. The van der Waals surface area contributed by atoms with E-state index in [0.717, 1.165) is 24.8 Å². The van der Waals surface area contributed by atoms with Crippen molar-refractivity contribution >= 4 is 5.91 Å². The van der Waals surface area contributed by atoms with Gasteiger partial charge in [0.05, 0.1) is 12.1 Å². The van der Waals surface area contributed by atoms with Crippen LogP contribution in [0.25, 0.3) is 0 Å². The van der Waals surface area contributed by atoms with Gasteiger partial charge in [0, 0.05) is 6.04 Å². The molecule has 1 amide bonds. The van der Waals surface area contributed by atoms with E-state index in [-0.39, 0.29) is 5.91 Å². The Morgan fingerprint density at radius 1 is 1.35 bits per heavy atom. The monoisotopic (exact) mass is 277 g/mol. The van der Waals surface area contributed by atoms with Crippen molar-refractivity contribution in [1.82, 2.24) is 10.3 Å². The molecule has 0 aromatic carbocycles. The maximum atomic E-state index is 11.4. The lowest BCUT2D eigenvalue weighted by atomic mass is 9.96. The van der Waals surface area contributed by atoms with Gasteiger partial charge < -0.3 is 4.42 Å². The number of hydrogen-bond donors (Lipinski definition) is 2. The number of nitrogen functional groups attached to an aromatic ring is 1. The molecule has 1 saturated carbocycles. The highest BCUT2D eigenvalue weighted by Crippen LogP contribution is 2.36. The summed E-state index contributed by atoms with van der Waals surface area (Å²) in [7, 11) is 0. The minimum atomic E-state index is -0.297. The van der Waals surface area contributed by atoms with E-state index in [1.165, 1.54) is 44.8 Å². The van der Waals surface area contributed by atoms with Crippen molar-refractivity contribution in [3.05, 3.63) is 23.7 Å². The summed E-state index contributed by atoms with van der Waals surface area (Å²) in [6.45, 7) is 1.94. The number of amides is 1. The summed E-state index contributed by atoms with van der Waals surface area (Å²) in [6.07, 6.45) is 9.59. The molecule has 2 heterocycles. The molecule has 20 heavy (non-hydrogen) atoms. The normalized spacial score (nSPS) is 24.4. The average molecular weight is 277 g/mol. The van der Waals surface area contributed by atoms with Gasteiger partial charge in [-0.25, -0.2) is 5.84 Å². The molecule has 1 aliphatic carbocycles. The summed E-state index contributed by atoms with van der Waals surface area (Å²) in [5, 5.41) is 0. The van der Waals surface area contributed by atoms with Crippen LogP contribution in [0.1, 0.15) is 54.6 Å². The Kier molecular flexibility index (Phi) is 4.08. The molecule has 1 unspecified atom stereocenters. The molecule has 1 aromatic rings. The zero-order chi connectivity index (χ0) is 13.9. The number of nitrogens with two attached hydrogens (primary N) is 1. The van der Waals surface area contributed by atoms with Gasteiger partial charge in [-0.2, -0.15) is 0 Å². The fraction of sp³-hybridized carbons (Fsp3) is 0.667. The maximum absolute atomic E-state index is 11.4. The lowest BCUT2D eigenvalue weighted by Crippen LogP contribution is -2.34. The third-order valence-electron chi connectivity index (χ3n) is 4.76. The fourth-order valence-electron chi connectivity index (χ4n) is 3.79. The maximum Gasteiger partial charge on any atom is 0.268 e. The fourth-order valence-corrected chi connectivity index (χ4v) is 3.79.